The zero-order valence-electron chi connectivity index (χ0n) is 10.3. The molecule has 96 valence electrons. The average Bonchev–Trinajstić information content (AvgIpc) is 2.87. The van der Waals surface area contributed by atoms with E-state index < -0.39 is 0 Å². The van der Waals surface area contributed by atoms with E-state index in [9.17, 15) is 0 Å². The van der Waals surface area contributed by atoms with Crippen molar-refractivity contribution < 1.29 is 0 Å². The van der Waals surface area contributed by atoms with Gasteiger partial charge in [-0.05, 0) is 31.6 Å². The summed E-state index contributed by atoms with van der Waals surface area (Å²) in [5.74, 6) is 0.962. The molecule has 0 spiro atoms. The topological polar surface area (TPSA) is 15.6 Å². The molecule has 2 fully saturated rings. The number of hydrogen-bond donors (Lipinski definition) is 0. The van der Waals surface area contributed by atoms with Crippen LogP contribution in [0.25, 0.3) is 0 Å². The van der Waals surface area contributed by atoms with Gasteiger partial charge in [-0.1, -0.05) is 40.5 Å². The number of rotatable bonds is 1. The number of piperidine rings is 1. The van der Waals surface area contributed by atoms with Gasteiger partial charge in [-0.2, -0.15) is 0 Å². The molecule has 0 bridgehead atoms. The zero-order valence-corrected chi connectivity index (χ0v) is 12.7. The Bertz CT molecular complexity index is 306. The monoisotopic (exact) mass is 316 g/mol. The zero-order chi connectivity index (χ0) is 11.7. The number of halogens is 1. The molecule has 0 aromatic rings. The predicted molar refractivity (Wildman–Crippen MR) is 79.2 cm³/mol. The molecule has 3 aliphatic rings. The van der Waals surface area contributed by atoms with E-state index in [-0.39, 0.29) is 0 Å². The van der Waals surface area contributed by atoms with Crippen LogP contribution >= 0.6 is 27.7 Å². The maximum absolute atomic E-state index is 4.78. The predicted octanol–water partition coefficient (Wildman–Crippen LogP) is 3.51. The maximum Gasteiger partial charge on any atom is 0.159 e. The van der Waals surface area contributed by atoms with Gasteiger partial charge in [0.25, 0.3) is 0 Å². The average molecular weight is 317 g/mol. The highest BCUT2D eigenvalue weighted by atomic mass is 79.9. The van der Waals surface area contributed by atoms with Crippen LogP contribution in [0.2, 0.25) is 0 Å². The van der Waals surface area contributed by atoms with Crippen LogP contribution in [-0.2, 0) is 0 Å². The van der Waals surface area contributed by atoms with E-state index in [4.69, 9.17) is 4.99 Å². The van der Waals surface area contributed by atoms with Gasteiger partial charge < -0.3 is 4.90 Å². The van der Waals surface area contributed by atoms with Gasteiger partial charge in [0.2, 0.25) is 0 Å². The third-order valence-corrected chi connectivity index (χ3v) is 6.80. The molecule has 4 heteroatoms. The highest BCUT2D eigenvalue weighted by molar-refractivity contribution is 9.09. The Labute approximate surface area is 117 Å². The second kappa shape index (κ2) is 5.52. The third kappa shape index (κ3) is 2.53. The van der Waals surface area contributed by atoms with Crippen LogP contribution in [0.15, 0.2) is 4.99 Å². The molecule has 2 aliphatic heterocycles. The first-order valence-electron chi connectivity index (χ1n) is 6.92. The molecule has 0 aromatic heterocycles. The van der Waals surface area contributed by atoms with Crippen molar-refractivity contribution in [1.82, 2.24) is 4.90 Å². The molecule has 0 radical (unpaired) electrons. The number of hydrogen-bond acceptors (Lipinski definition) is 3. The first kappa shape index (κ1) is 12.3. The van der Waals surface area contributed by atoms with Crippen molar-refractivity contribution in [2.24, 2.45) is 10.9 Å². The molecule has 0 amide bonds. The summed E-state index contributed by atoms with van der Waals surface area (Å²) in [5.41, 5.74) is 0. The molecular formula is C13H21BrN2S. The van der Waals surface area contributed by atoms with Crippen molar-refractivity contribution >= 4 is 32.9 Å². The van der Waals surface area contributed by atoms with E-state index in [1.165, 1.54) is 50.2 Å². The summed E-state index contributed by atoms with van der Waals surface area (Å²) in [6.07, 6.45) is 8.58. The van der Waals surface area contributed by atoms with E-state index in [1.54, 1.807) is 0 Å². The first-order chi connectivity index (χ1) is 8.38. The summed E-state index contributed by atoms with van der Waals surface area (Å²) in [5, 5.41) is 3.10. The van der Waals surface area contributed by atoms with Crippen molar-refractivity contribution in [1.29, 1.82) is 0 Å². The maximum atomic E-state index is 4.78. The lowest BCUT2D eigenvalue weighted by atomic mass is 9.78. The summed E-state index contributed by atoms with van der Waals surface area (Å²) < 4.78 is 0. The lowest BCUT2D eigenvalue weighted by molar-refractivity contribution is 0.122. The van der Waals surface area contributed by atoms with Gasteiger partial charge in [-0.15, -0.1) is 0 Å². The number of nitrogens with zero attached hydrogens (tertiary/aromatic N) is 2. The Kier molecular flexibility index (Phi) is 4.00. The van der Waals surface area contributed by atoms with E-state index in [0.29, 0.717) is 5.25 Å². The quantitative estimate of drug-likeness (QED) is 0.688. The molecule has 1 aliphatic carbocycles. The molecule has 0 N–H and O–H groups in total. The minimum Gasteiger partial charge on any atom is -0.348 e. The minimum absolute atomic E-state index is 0.675. The number of fused-ring (bicyclic) bond motifs is 1. The van der Waals surface area contributed by atoms with Gasteiger partial charge in [-0.25, -0.2) is 0 Å². The Morgan fingerprint density at radius 2 is 2.06 bits per heavy atom. The number of thioether (sulfide) groups is 1. The van der Waals surface area contributed by atoms with E-state index in [0.717, 1.165) is 23.8 Å². The van der Waals surface area contributed by atoms with Gasteiger partial charge in [-0.3, -0.25) is 4.99 Å². The highest BCUT2D eigenvalue weighted by Crippen LogP contribution is 2.38. The van der Waals surface area contributed by atoms with Gasteiger partial charge in [0, 0.05) is 23.2 Å². The van der Waals surface area contributed by atoms with Crippen LogP contribution in [0.5, 0.6) is 0 Å². The van der Waals surface area contributed by atoms with Crippen LogP contribution in [0.4, 0.5) is 0 Å². The van der Waals surface area contributed by atoms with E-state index in [2.05, 4.69) is 20.8 Å². The fourth-order valence-corrected chi connectivity index (χ4v) is 5.13. The standard InChI is InChI=1S/C13H21BrN2S/c14-8-11-9-15-13(17-11)16-7-3-5-10-4-1-2-6-12(10)16/h10-12H,1-9H2. The van der Waals surface area contributed by atoms with Crippen molar-refractivity contribution in [3.63, 3.8) is 0 Å². The van der Waals surface area contributed by atoms with Gasteiger partial charge in [0.15, 0.2) is 5.17 Å². The van der Waals surface area contributed by atoms with Gasteiger partial charge in [0.05, 0.1) is 6.54 Å². The molecule has 3 unspecified atom stereocenters. The molecule has 2 nitrogen and oxygen atoms in total. The number of alkyl halides is 1. The van der Waals surface area contributed by atoms with Gasteiger partial charge in [0.1, 0.15) is 0 Å². The first-order valence-corrected chi connectivity index (χ1v) is 8.92. The molecule has 17 heavy (non-hydrogen) atoms. The van der Waals surface area contributed by atoms with Crippen LogP contribution < -0.4 is 0 Å². The Hall–Kier alpha value is 0.300. The van der Waals surface area contributed by atoms with Crippen LogP contribution in [0.1, 0.15) is 38.5 Å². The summed E-state index contributed by atoms with van der Waals surface area (Å²) in [7, 11) is 0. The molecular weight excluding hydrogens is 296 g/mol. The van der Waals surface area contributed by atoms with Crippen molar-refractivity contribution in [3.05, 3.63) is 0 Å². The Balaban J connectivity index is 1.69. The van der Waals surface area contributed by atoms with Crippen molar-refractivity contribution in [2.45, 2.75) is 49.8 Å². The molecule has 3 rings (SSSR count). The van der Waals surface area contributed by atoms with E-state index >= 15 is 0 Å². The second-order valence-corrected chi connectivity index (χ2v) is 7.38. The molecule has 3 atom stereocenters. The highest BCUT2D eigenvalue weighted by Gasteiger charge is 2.36. The van der Waals surface area contributed by atoms with E-state index in [1.807, 2.05) is 11.8 Å². The SMILES string of the molecule is BrCC1CN=C(N2CCCC3CCCCC32)S1. The normalized spacial score (nSPS) is 37.8. The summed E-state index contributed by atoms with van der Waals surface area (Å²) >= 11 is 5.59. The van der Waals surface area contributed by atoms with Crippen molar-refractivity contribution in [3.8, 4) is 0 Å². The molecule has 2 heterocycles. The summed E-state index contributed by atoms with van der Waals surface area (Å²) in [6, 6.07) is 0.817. The minimum atomic E-state index is 0.675. The molecule has 1 saturated heterocycles. The lowest BCUT2D eigenvalue weighted by Crippen LogP contribution is -2.48. The largest absolute Gasteiger partial charge is 0.348 e. The summed E-state index contributed by atoms with van der Waals surface area (Å²) in [6.45, 7) is 2.27. The fourth-order valence-electron chi connectivity index (χ4n) is 3.50. The second-order valence-electron chi connectivity index (χ2n) is 5.46. The third-order valence-electron chi connectivity index (χ3n) is 4.36. The van der Waals surface area contributed by atoms with Crippen molar-refractivity contribution in [2.75, 3.05) is 18.4 Å². The molecule has 0 aromatic carbocycles. The van der Waals surface area contributed by atoms with Gasteiger partial charge >= 0.3 is 0 Å². The fraction of sp³-hybridized carbons (Fsp3) is 0.923. The van der Waals surface area contributed by atoms with Crippen LogP contribution in [0, 0.1) is 5.92 Å². The van der Waals surface area contributed by atoms with Crippen LogP contribution in [0.3, 0.4) is 0 Å². The summed E-state index contributed by atoms with van der Waals surface area (Å²) in [4.78, 5) is 7.43. The lowest BCUT2D eigenvalue weighted by Gasteiger charge is -2.45. The van der Waals surface area contributed by atoms with Crippen LogP contribution in [-0.4, -0.2) is 39.8 Å². The smallest absolute Gasteiger partial charge is 0.159 e. The number of aliphatic imine (C=N–C) groups is 1. The Morgan fingerprint density at radius 3 is 2.88 bits per heavy atom. The number of amidine groups is 1. The number of likely N-dealkylation sites (tertiary alicyclic amines) is 1. The molecule has 1 saturated carbocycles. The Morgan fingerprint density at radius 1 is 1.24 bits per heavy atom.